The smallest absolute Gasteiger partial charge is 0.269 e. The van der Waals surface area contributed by atoms with Crippen LogP contribution in [0.25, 0.3) is 0 Å². The molecule has 0 aliphatic carbocycles. The Morgan fingerprint density at radius 3 is 2.53 bits per heavy atom. The number of benzene rings is 2. The second-order valence-electron chi connectivity index (χ2n) is 4.12. The molecule has 5 heteroatoms. The summed E-state index contributed by atoms with van der Waals surface area (Å²) in [4.78, 5) is 10.3. The van der Waals surface area contributed by atoms with Crippen molar-refractivity contribution in [3.05, 3.63) is 74.8 Å². The molecule has 0 bridgehead atoms. The van der Waals surface area contributed by atoms with Crippen LogP contribution in [0.15, 0.2) is 48.5 Å². The van der Waals surface area contributed by atoms with Gasteiger partial charge in [-0.1, -0.05) is 41.9 Å². The molecule has 4 nitrogen and oxygen atoms in total. The summed E-state index contributed by atoms with van der Waals surface area (Å²) in [6, 6.07) is 14.4. The van der Waals surface area contributed by atoms with E-state index in [1.54, 1.807) is 6.07 Å². The molecule has 0 saturated carbocycles. The molecule has 0 unspecified atom stereocenters. The monoisotopic (exact) mass is 276 g/mol. The van der Waals surface area contributed by atoms with Crippen LogP contribution in [0.3, 0.4) is 0 Å². The normalized spacial score (nSPS) is 10.4. The topological polar surface area (TPSA) is 55.2 Å². The quantitative estimate of drug-likeness (QED) is 0.671. The van der Waals surface area contributed by atoms with Gasteiger partial charge in [0.05, 0.1) is 4.92 Å². The van der Waals surface area contributed by atoms with Crippen LogP contribution >= 0.6 is 11.6 Å². The van der Waals surface area contributed by atoms with Crippen LogP contribution < -0.4 is 5.32 Å². The predicted octanol–water partition coefficient (Wildman–Crippen LogP) is 3.54. The first-order valence-electron chi connectivity index (χ1n) is 5.84. The fourth-order valence-corrected chi connectivity index (χ4v) is 1.93. The second kappa shape index (κ2) is 6.31. The van der Waals surface area contributed by atoms with E-state index in [0.717, 1.165) is 11.1 Å². The number of hydrogen-bond acceptors (Lipinski definition) is 3. The Morgan fingerprint density at radius 2 is 1.84 bits per heavy atom. The number of halogens is 1. The second-order valence-corrected chi connectivity index (χ2v) is 4.53. The lowest BCUT2D eigenvalue weighted by Gasteiger charge is -2.06. The Hall–Kier alpha value is -1.91. The molecule has 0 radical (unpaired) electrons. The number of nitro groups is 1. The van der Waals surface area contributed by atoms with Gasteiger partial charge in [-0.05, 0) is 17.2 Å². The zero-order valence-electron chi connectivity index (χ0n) is 10.2. The summed E-state index contributed by atoms with van der Waals surface area (Å²) in [7, 11) is 0. The summed E-state index contributed by atoms with van der Waals surface area (Å²) < 4.78 is 0. The van der Waals surface area contributed by atoms with Crippen molar-refractivity contribution < 1.29 is 4.92 Å². The highest BCUT2D eigenvalue weighted by molar-refractivity contribution is 6.31. The number of rotatable bonds is 5. The fourth-order valence-electron chi connectivity index (χ4n) is 1.75. The Morgan fingerprint density at radius 1 is 1.11 bits per heavy atom. The van der Waals surface area contributed by atoms with E-state index in [-0.39, 0.29) is 5.69 Å². The van der Waals surface area contributed by atoms with Crippen molar-refractivity contribution in [3.8, 4) is 0 Å². The van der Waals surface area contributed by atoms with Crippen molar-refractivity contribution in [1.82, 2.24) is 5.32 Å². The Balaban J connectivity index is 1.99. The molecule has 2 rings (SSSR count). The van der Waals surface area contributed by atoms with E-state index in [0.29, 0.717) is 18.1 Å². The van der Waals surface area contributed by atoms with Crippen LogP contribution in [-0.4, -0.2) is 4.92 Å². The van der Waals surface area contributed by atoms with Crippen LogP contribution in [0.1, 0.15) is 11.1 Å². The van der Waals surface area contributed by atoms with Gasteiger partial charge in [-0.2, -0.15) is 0 Å². The molecule has 0 aliphatic rings. The van der Waals surface area contributed by atoms with E-state index in [4.69, 9.17) is 11.6 Å². The predicted molar refractivity (Wildman–Crippen MR) is 75.1 cm³/mol. The van der Waals surface area contributed by atoms with Gasteiger partial charge >= 0.3 is 0 Å². The van der Waals surface area contributed by atoms with Crippen LogP contribution in [0.2, 0.25) is 5.02 Å². The number of nitrogens with one attached hydrogen (secondary N) is 1. The molecule has 0 atom stereocenters. The minimum absolute atomic E-state index is 0.0564. The van der Waals surface area contributed by atoms with E-state index in [9.17, 15) is 10.1 Å². The van der Waals surface area contributed by atoms with Gasteiger partial charge in [-0.15, -0.1) is 0 Å². The van der Waals surface area contributed by atoms with Gasteiger partial charge in [0, 0.05) is 30.2 Å². The molecule has 0 fully saturated rings. The zero-order valence-corrected chi connectivity index (χ0v) is 10.9. The van der Waals surface area contributed by atoms with Crippen LogP contribution in [0.5, 0.6) is 0 Å². The molecule has 0 saturated heterocycles. The molecule has 0 amide bonds. The van der Waals surface area contributed by atoms with E-state index in [1.807, 2.05) is 30.3 Å². The van der Waals surface area contributed by atoms with Crippen molar-refractivity contribution in [1.29, 1.82) is 0 Å². The first kappa shape index (κ1) is 13.5. The Kier molecular flexibility index (Phi) is 4.49. The molecule has 2 aromatic carbocycles. The molecule has 2 aromatic rings. The van der Waals surface area contributed by atoms with Gasteiger partial charge < -0.3 is 5.32 Å². The fraction of sp³-hybridized carbons (Fsp3) is 0.143. The van der Waals surface area contributed by atoms with Gasteiger partial charge in [0.25, 0.3) is 5.69 Å². The average molecular weight is 277 g/mol. The third-order valence-electron chi connectivity index (χ3n) is 2.73. The Labute approximate surface area is 116 Å². The number of non-ortho nitro benzene ring substituents is 1. The van der Waals surface area contributed by atoms with Crippen LogP contribution in [0, 0.1) is 10.1 Å². The highest BCUT2D eigenvalue weighted by Crippen LogP contribution is 2.21. The van der Waals surface area contributed by atoms with E-state index >= 15 is 0 Å². The van der Waals surface area contributed by atoms with Gasteiger partial charge in [0.1, 0.15) is 0 Å². The first-order valence-corrected chi connectivity index (χ1v) is 6.22. The molecule has 1 N–H and O–H groups in total. The average Bonchev–Trinajstić information content (AvgIpc) is 2.42. The van der Waals surface area contributed by atoms with E-state index in [1.165, 1.54) is 12.1 Å². The molecule has 0 aliphatic heterocycles. The highest BCUT2D eigenvalue weighted by atomic mass is 35.5. The summed E-state index contributed by atoms with van der Waals surface area (Å²) in [5.74, 6) is 0. The molecule has 0 heterocycles. The lowest BCUT2D eigenvalue weighted by molar-refractivity contribution is -0.384. The molecule has 0 aromatic heterocycles. The third-order valence-corrected chi connectivity index (χ3v) is 3.10. The summed E-state index contributed by atoms with van der Waals surface area (Å²) in [5, 5.41) is 14.5. The minimum Gasteiger partial charge on any atom is -0.309 e. The molecule has 0 spiro atoms. The van der Waals surface area contributed by atoms with Crippen molar-refractivity contribution >= 4 is 17.3 Å². The van der Waals surface area contributed by atoms with Gasteiger partial charge in [-0.3, -0.25) is 10.1 Å². The number of nitrogens with zero attached hydrogens (tertiary/aromatic N) is 1. The lowest BCUT2D eigenvalue weighted by Crippen LogP contribution is -2.13. The number of hydrogen-bond donors (Lipinski definition) is 1. The number of nitro benzene ring substituents is 1. The summed E-state index contributed by atoms with van der Waals surface area (Å²) >= 11 is 6.02. The summed E-state index contributed by atoms with van der Waals surface area (Å²) in [5.41, 5.74) is 1.94. The molecule has 98 valence electrons. The van der Waals surface area contributed by atoms with Crippen molar-refractivity contribution in [2.75, 3.05) is 0 Å². The zero-order chi connectivity index (χ0) is 13.7. The van der Waals surface area contributed by atoms with Crippen molar-refractivity contribution in [2.45, 2.75) is 13.1 Å². The maximum atomic E-state index is 10.7. The Bertz CT molecular complexity index is 573. The van der Waals surface area contributed by atoms with Crippen LogP contribution in [0.4, 0.5) is 5.69 Å². The maximum Gasteiger partial charge on any atom is 0.269 e. The lowest BCUT2D eigenvalue weighted by atomic mass is 10.2. The van der Waals surface area contributed by atoms with Crippen LogP contribution in [-0.2, 0) is 13.1 Å². The van der Waals surface area contributed by atoms with Gasteiger partial charge in [-0.25, -0.2) is 0 Å². The third kappa shape index (κ3) is 3.77. The maximum absolute atomic E-state index is 10.7. The molecule has 19 heavy (non-hydrogen) atoms. The van der Waals surface area contributed by atoms with E-state index in [2.05, 4.69) is 5.32 Å². The van der Waals surface area contributed by atoms with Gasteiger partial charge in [0.2, 0.25) is 0 Å². The summed E-state index contributed by atoms with van der Waals surface area (Å²) in [6.45, 7) is 1.19. The minimum atomic E-state index is -0.420. The highest BCUT2D eigenvalue weighted by Gasteiger charge is 2.09. The molecular weight excluding hydrogens is 264 g/mol. The summed E-state index contributed by atoms with van der Waals surface area (Å²) in [6.07, 6.45) is 0. The van der Waals surface area contributed by atoms with E-state index < -0.39 is 4.92 Å². The van der Waals surface area contributed by atoms with Crippen molar-refractivity contribution in [2.24, 2.45) is 0 Å². The molecular formula is C14H13ClN2O2. The first-order chi connectivity index (χ1) is 9.16. The van der Waals surface area contributed by atoms with Crippen molar-refractivity contribution in [3.63, 3.8) is 0 Å². The largest absolute Gasteiger partial charge is 0.309 e. The van der Waals surface area contributed by atoms with Gasteiger partial charge in [0.15, 0.2) is 0 Å². The SMILES string of the molecule is O=[N+]([O-])c1ccc(Cl)c(CNCc2ccccc2)c1. The standard InChI is InChI=1S/C14H13ClN2O2/c15-14-7-6-13(17(18)19)8-12(14)10-16-9-11-4-2-1-3-5-11/h1-8,16H,9-10H2.